The molecule has 0 aliphatic carbocycles. The zero-order valence-corrected chi connectivity index (χ0v) is 15.6. The van der Waals surface area contributed by atoms with Crippen LogP contribution in [0.3, 0.4) is 0 Å². The van der Waals surface area contributed by atoms with Gasteiger partial charge in [-0.05, 0) is 57.8 Å². The molecule has 0 radical (unpaired) electrons. The third-order valence-electron chi connectivity index (χ3n) is 4.39. The molecular formula is C17H23N3O2S2. The number of sulfonamides is 1. The second-order valence-electron chi connectivity index (χ2n) is 6.34. The molecule has 2 unspecified atom stereocenters. The lowest BCUT2D eigenvalue weighted by atomic mass is 9.94. The molecule has 7 heteroatoms. The third kappa shape index (κ3) is 4.03. The Balaban J connectivity index is 1.79. The molecule has 1 fully saturated rings. The highest BCUT2D eigenvalue weighted by molar-refractivity contribution is 7.89. The quantitative estimate of drug-likeness (QED) is 0.855. The fraction of sp³-hybridized carbons (Fsp3) is 0.471. The summed E-state index contributed by atoms with van der Waals surface area (Å²) in [5, 5.41) is 6.14. The summed E-state index contributed by atoms with van der Waals surface area (Å²) in [6.07, 6.45) is 2.14. The first-order valence-corrected chi connectivity index (χ1v) is 10.6. The van der Waals surface area contributed by atoms with Crippen LogP contribution in [-0.4, -0.2) is 32.5 Å². The van der Waals surface area contributed by atoms with E-state index in [9.17, 15) is 8.42 Å². The number of nitrogens with one attached hydrogen (secondary N) is 2. The minimum absolute atomic E-state index is 0.0893. The molecule has 5 nitrogen and oxygen atoms in total. The van der Waals surface area contributed by atoms with Gasteiger partial charge in [-0.25, -0.2) is 18.1 Å². The lowest BCUT2D eigenvalue weighted by Gasteiger charge is -2.28. The Labute approximate surface area is 147 Å². The van der Waals surface area contributed by atoms with Crippen LogP contribution in [0.1, 0.15) is 25.5 Å². The predicted molar refractivity (Wildman–Crippen MR) is 97.7 cm³/mol. The van der Waals surface area contributed by atoms with Crippen LogP contribution in [0.25, 0.3) is 10.6 Å². The van der Waals surface area contributed by atoms with E-state index in [2.05, 4.69) is 15.0 Å². The molecule has 130 valence electrons. The summed E-state index contributed by atoms with van der Waals surface area (Å²) in [4.78, 5) is 4.73. The number of rotatable bonds is 5. The summed E-state index contributed by atoms with van der Waals surface area (Å²) in [5.74, 6) is 0.332. The SMILES string of the molecule is Cc1csc(-c2cccc(S(=O)(=O)NC(C)C3CCCNC3)c2)n1. The first-order chi connectivity index (χ1) is 11.5. The van der Waals surface area contributed by atoms with Gasteiger partial charge in [0.1, 0.15) is 5.01 Å². The van der Waals surface area contributed by atoms with Gasteiger partial charge in [-0.1, -0.05) is 12.1 Å². The van der Waals surface area contributed by atoms with Gasteiger partial charge in [-0.2, -0.15) is 0 Å². The van der Waals surface area contributed by atoms with Crippen LogP contribution in [-0.2, 0) is 10.0 Å². The van der Waals surface area contributed by atoms with Gasteiger partial charge >= 0.3 is 0 Å². The van der Waals surface area contributed by atoms with Gasteiger partial charge in [-0.15, -0.1) is 11.3 Å². The van der Waals surface area contributed by atoms with Crippen molar-refractivity contribution in [2.24, 2.45) is 5.92 Å². The van der Waals surface area contributed by atoms with E-state index in [1.807, 2.05) is 25.3 Å². The van der Waals surface area contributed by atoms with E-state index < -0.39 is 10.0 Å². The monoisotopic (exact) mass is 365 g/mol. The summed E-state index contributed by atoms with van der Waals surface area (Å²) < 4.78 is 28.3. The summed E-state index contributed by atoms with van der Waals surface area (Å²) in [6, 6.07) is 6.91. The first-order valence-electron chi connectivity index (χ1n) is 8.21. The molecule has 1 aliphatic rings. The number of aryl methyl sites for hydroxylation is 1. The number of thiazole rings is 1. The van der Waals surface area contributed by atoms with Crippen LogP contribution in [0.2, 0.25) is 0 Å². The van der Waals surface area contributed by atoms with Gasteiger partial charge < -0.3 is 5.32 Å². The molecule has 1 aromatic carbocycles. The number of hydrogen-bond acceptors (Lipinski definition) is 5. The van der Waals surface area contributed by atoms with Crippen molar-refractivity contribution in [2.75, 3.05) is 13.1 Å². The maximum atomic E-state index is 12.7. The van der Waals surface area contributed by atoms with Gasteiger partial charge in [-0.3, -0.25) is 0 Å². The topological polar surface area (TPSA) is 71.1 Å². The van der Waals surface area contributed by atoms with E-state index in [0.29, 0.717) is 10.8 Å². The largest absolute Gasteiger partial charge is 0.316 e. The zero-order valence-electron chi connectivity index (χ0n) is 14.0. The van der Waals surface area contributed by atoms with E-state index in [1.54, 1.807) is 18.2 Å². The third-order valence-corrected chi connectivity index (χ3v) is 6.96. The standard InChI is InChI=1S/C17H23N3O2S2/c1-12-11-23-17(19-12)14-5-3-7-16(9-14)24(21,22)20-13(2)15-6-4-8-18-10-15/h3,5,7,9,11,13,15,18,20H,4,6,8,10H2,1-2H3. The molecular weight excluding hydrogens is 342 g/mol. The lowest BCUT2D eigenvalue weighted by Crippen LogP contribution is -2.44. The Bertz CT molecular complexity index is 796. The van der Waals surface area contributed by atoms with Crippen molar-refractivity contribution in [1.82, 2.24) is 15.0 Å². The molecule has 1 saturated heterocycles. The van der Waals surface area contributed by atoms with Crippen molar-refractivity contribution in [2.45, 2.75) is 37.6 Å². The van der Waals surface area contributed by atoms with Crippen molar-refractivity contribution >= 4 is 21.4 Å². The van der Waals surface area contributed by atoms with Crippen molar-refractivity contribution in [3.8, 4) is 10.6 Å². The smallest absolute Gasteiger partial charge is 0.240 e. The zero-order chi connectivity index (χ0) is 17.2. The Morgan fingerprint density at radius 3 is 2.92 bits per heavy atom. The van der Waals surface area contributed by atoms with Gasteiger partial charge in [0.2, 0.25) is 10.0 Å². The van der Waals surface area contributed by atoms with Crippen molar-refractivity contribution in [1.29, 1.82) is 0 Å². The van der Waals surface area contributed by atoms with E-state index in [1.165, 1.54) is 11.3 Å². The predicted octanol–water partition coefficient (Wildman–Crippen LogP) is 2.78. The average molecular weight is 366 g/mol. The van der Waals surface area contributed by atoms with Gasteiger partial charge in [0.15, 0.2) is 0 Å². The minimum Gasteiger partial charge on any atom is -0.316 e. The van der Waals surface area contributed by atoms with E-state index in [0.717, 1.165) is 42.2 Å². The van der Waals surface area contributed by atoms with Gasteiger partial charge in [0.05, 0.1) is 4.90 Å². The number of aromatic nitrogens is 1. The average Bonchev–Trinajstić information content (AvgIpc) is 3.02. The molecule has 1 aromatic heterocycles. The molecule has 0 saturated carbocycles. The van der Waals surface area contributed by atoms with Crippen LogP contribution < -0.4 is 10.0 Å². The summed E-state index contributed by atoms with van der Waals surface area (Å²) in [6.45, 7) is 5.76. The van der Waals surface area contributed by atoms with Gasteiger partial charge in [0, 0.05) is 22.7 Å². The first kappa shape index (κ1) is 17.5. The molecule has 3 rings (SSSR count). The number of piperidine rings is 1. The highest BCUT2D eigenvalue weighted by Crippen LogP contribution is 2.26. The Morgan fingerprint density at radius 1 is 1.42 bits per heavy atom. The van der Waals surface area contributed by atoms with E-state index in [-0.39, 0.29) is 6.04 Å². The summed E-state index contributed by atoms with van der Waals surface area (Å²) in [5.41, 5.74) is 1.78. The van der Waals surface area contributed by atoms with Crippen molar-refractivity contribution in [3.05, 3.63) is 35.3 Å². The number of hydrogen-bond donors (Lipinski definition) is 2. The maximum absolute atomic E-state index is 12.7. The van der Waals surface area contributed by atoms with Gasteiger partial charge in [0.25, 0.3) is 0 Å². The lowest BCUT2D eigenvalue weighted by molar-refractivity contribution is 0.320. The van der Waals surface area contributed by atoms with E-state index >= 15 is 0 Å². The normalized spacial score (nSPS) is 20.0. The number of nitrogens with zero attached hydrogens (tertiary/aromatic N) is 1. The minimum atomic E-state index is -3.53. The fourth-order valence-corrected chi connectivity index (χ4v) is 5.15. The Hall–Kier alpha value is -1.28. The molecule has 2 N–H and O–H groups in total. The number of benzene rings is 1. The fourth-order valence-electron chi connectivity index (χ4n) is 3.00. The molecule has 24 heavy (non-hydrogen) atoms. The summed E-state index contributed by atoms with van der Waals surface area (Å²) >= 11 is 1.52. The van der Waals surface area contributed by atoms with Crippen LogP contribution in [0.4, 0.5) is 0 Å². The molecule has 0 spiro atoms. The molecule has 2 heterocycles. The maximum Gasteiger partial charge on any atom is 0.240 e. The van der Waals surface area contributed by atoms with Crippen molar-refractivity contribution in [3.63, 3.8) is 0 Å². The molecule has 0 amide bonds. The van der Waals surface area contributed by atoms with Crippen LogP contribution >= 0.6 is 11.3 Å². The molecule has 1 aliphatic heterocycles. The summed E-state index contributed by atoms with van der Waals surface area (Å²) in [7, 11) is -3.53. The van der Waals surface area contributed by atoms with Crippen LogP contribution in [0, 0.1) is 12.8 Å². The van der Waals surface area contributed by atoms with Crippen molar-refractivity contribution < 1.29 is 8.42 Å². The molecule has 2 atom stereocenters. The molecule has 2 aromatic rings. The second kappa shape index (κ2) is 7.31. The highest BCUT2D eigenvalue weighted by atomic mass is 32.2. The molecule has 0 bridgehead atoms. The second-order valence-corrected chi connectivity index (χ2v) is 8.91. The Kier molecular flexibility index (Phi) is 5.34. The van der Waals surface area contributed by atoms with Crippen LogP contribution in [0.15, 0.2) is 34.5 Å². The highest BCUT2D eigenvalue weighted by Gasteiger charge is 2.25. The van der Waals surface area contributed by atoms with E-state index in [4.69, 9.17) is 0 Å². The van der Waals surface area contributed by atoms with Crippen LogP contribution in [0.5, 0.6) is 0 Å². The Morgan fingerprint density at radius 2 is 2.25 bits per heavy atom.